The number of ether oxygens (including phenoxy) is 2. The number of para-hydroxylation sites is 2. The maximum atomic E-state index is 5.84. The summed E-state index contributed by atoms with van der Waals surface area (Å²) in [4.78, 5) is 2.18. The maximum absolute atomic E-state index is 5.84. The van der Waals surface area contributed by atoms with Crippen LogP contribution < -0.4 is 10.1 Å². The fourth-order valence-corrected chi connectivity index (χ4v) is 3.45. The number of methoxy groups -OCH3 is 1. The Morgan fingerprint density at radius 1 is 1.23 bits per heavy atom. The lowest BCUT2D eigenvalue weighted by atomic mass is 10.1. The number of hydrogen-bond acceptors (Lipinski definition) is 3. The predicted octanol–water partition coefficient (Wildman–Crippen LogP) is 4.38. The molecule has 0 radical (unpaired) electrons. The molecule has 3 rings (SSSR count). The van der Waals surface area contributed by atoms with Crippen LogP contribution in [-0.4, -0.2) is 36.4 Å². The molecule has 1 heterocycles. The summed E-state index contributed by atoms with van der Waals surface area (Å²) in [6.45, 7) is 4.37. The number of anilines is 1. The fraction of sp³-hybridized carbons (Fsp3) is 0.381. The number of nitrogens with zero attached hydrogens (tertiary/aromatic N) is 1. The molecule has 0 aromatic heterocycles. The zero-order valence-electron chi connectivity index (χ0n) is 15.4. The smallest absolute Gasteiger partial charge is 0.173 e. The van der Waals surface area contributed by atoms with Crippen molar-refractivity contribution in [1.82, 2.24) is 4.90 Å². The highest BCUT2D eigenvalue weighted by atomic mass is 32.1. The third-order valence-corrected chi connectivity index (χ3v) is 5.04. The van der Waals surface area contributed by atoms with E-state index in [0.29, 0.717) is 11.7 Å². The minimum atomic E-state index is 0.223. The molecule has 1 saturated heterocycles. The van der Waals surface area contributed by atoms with E-state index in [4.69, 9.17) is 21.7 Å². The molecular formula is C21H26N2O2S. The van der Waals surface area contributed by atoms with E-state index >= 15 is 0 Å². The first kappa shape index (κ1) is 18.7. The van der Waals surface area contributed by atoms with Crippen LogP contribution in [0.4, 0.5) is 5.69 Å². The average molecular weight is 371 g/mol. The van der Waals surface area contributed by atoms with Gasteiger partial charge < -0.3 is 19.7 Å². The van der Waals surface area contributed by atoms with Crippen molar-refractivity contribution >= 4 is 23.0 Å². The second-order valence-electron chi connectivity index (χ2n) is 6.57. The van der Waals surface area contributed by atoms with Crippen LogP contribution in [0.15, 0.2) is 48.5 Å². The Morgan fingerprint density at radius 3 is 2.73 bits per heavy atom. The molecule has 1 N–H and O–H groups in total. The van der Waals surface area contributed by atoms with Crippen LogP contribution in [0.5, 0.6) is 5.75 Å². The van der Waals surface area contributed by atoms with E-state index in [1.165, 1.54) is 5.56 Å². The SMILES string of the molecule is COc1ccccc1CN(CC1CCCO1)C(=S)Nc1ccccc1C. The van der Waals surface area contributed by atoms with Gasteiger partial charge in [0.1, 0.15) is 5.75 Å². The van der Waals surface area contributed by atoms with Gasteiger partial charge in [0, 0.05) is 30.9 Å². The minimum Gasteiger partial charge on any atom is -0.496 e. The van der Waals surface area contributed by atoms with Gasteiger partial charge in [-0.1, -0.05) is 36.4 Å². The topological polar surface area (TPSA) is 33.7 Å². The number of thiocarbonyl (C=S) groups is 1. The van der Waals surface area contributed by atoms with Crippen molar-refractivity contribution in [3.05, 3.63) is 59.7 Å². The van der Waals surface area contributed by atoms with Gasteiger partial charge in [-0.25, -0.2) is 0 Å². The predicted molar refractivity (Wildman–Crippen MR) is 110 cm³/mol. The van der Waals surface area contributed by atoms with E-state index in [2.05, 4.69) is 35.3 Å². The Labute approximate surface area is 161 Å². The lowest BCUT2D eigenvalue weighted by Crippen LogP contribution is -2.39. The summed E-state index contributed by atoms with van der Waals surface area (Å²) in [5, 5.41) is 4.11. The van der Waals surface area contributed by atoms with E-state index in [1.54, 1.807) is 7.11 Å². The van der Waals surface area contributed by atoms with Gasteiger partial charge in [-0.3, -0.25) is 0 Å². The van der Waals surface area contributed by atoms with Crippen LogP contribution in [0.1, 0.15) is 24.0 Å². The van der Waals surface area contributed by atoms with Crippen molar-refractivity contribution in [3.8, 4) is 5.75 Å². The summed E-state index contributed by atoms with van der Waals surface area (Å²) in [6.07, 6.45) is 2.42. The van der Waals surface area contributed by atoms with Gasteiger partial charge in [-0.15, -0.1) is 0 Å². The normalized spacial score (nSPS) is 16.3. The Balaban J connectivity index is 1.77. The van der Waals surface area contributed by atoms with Gasteiger partial charge in [-0.05, 0) is 49.7 Å². The van der Waals surface area contributed by atoms with Crippen LogP contribution in [0, 0.1) is 6.92 Å². The molecular weight excluding hydrogens is 344 g/mol. The highest BCUT2D eigenvalue weighted by molar-refractivity contribution is 7.80. The lowest BCUT2D eigenvalue weighted by molar-refractivity contribution is 0.0903. The Bertz CT molecular complexity index is 744. The fourth-order valence-electron chi connectivity index (χ4n) is 3.20. The van der Waals surface area contributed by atoms with Gasteiger partial charge in [-0.2, -0.15) is 0 Å². The van der Waals surface area contributed by atoms with Gasteiger partial charge in [0.05, 0.1) is 13.2 Å². The third kappa shape index (κ3) is 4.74. The summed E-state index contributed by atoms with van der Waals surface area (Å²) in [6, 6.07) is 16.3. The van der Waals surface area contributed by atoms with Crippen LogP contribution >= 0.6 is 12.2 Å². The summed E-state index contributed by atoms with van der Waals surface area (Å²) >= 11 is 5.75. The molecule has 2 aromatic carbocycles. The molecule has 0 saturated carbocycles. The van der Waals surface area contributed by atoms with E-state index in [1.807, 2.05) is 30.3 Å². The van der Waals surface area contributed by atoms with Crippen molar-refractivity contribution in [2.75, 3.05) is 25.6 Å². The summed E-state index contributed by atoms with van der Waals surface area (Å²) < 4.78 is 11.4. The van der Waals surface area contributed by atoms with Crippen molar-refractivity contribution in [2.24, 2.45) is 0 Å². The van der Waals surface area contributed by atoms with E-state index < -0.39 is 0 Å². The quantitative estimate of drug-likeness (QED) is 0.763. The standard InChI is InChI=1S/C21H26N2O2S/c1-16-8-3-5-11-19(16)22-21(26)23(15-18-10-7-13-25-18)14-17-9-4-6-12-20(17)24-2/h3-6,8-9,11-12,18H,7,10,13-15H2,1-2H3,(H,22,26). The molecule has 1 aliphatic rings. The molecule has 138 valence electrons. The van der Waals surface area contributed by atoms with Gasteiger partial charge in [0.2, 0.25) is 0 Å². The minimum absolute atomic E-state index is 0.223. The molecule has 1 aliphatic heterocycles. The largest absolute Gasteiger partial charge is 0.496 e. The van der Waals surface area contributed by atoms with E-state index in [-0.39, 0.29) is 6.10 Å². The number of aryl methyl sites for hydroxylation is 1. The first-order valence-electron chi connectivity index (χ1n) is 9.02. The zero-order chi connectivity index (χ0) is 18.4. The summed E-state index contributed by atoms with van der Waals surface area (Å²) in [5.74, 6) is 0.878. The first-order valence-corrected chi connectivity index (χ1v) is 9.43. The van der Waals surface area contributed by atoms with Gasteiger partial charge >= 0.3 is 0 Å². The second kappa shape index (κ2) is 9.01. The van der Waals surface area contributed by atoms with E-state index in [9.17, 15) is 0 Å². The molecule has 4 nitrogen and oxygen atoms in total. The molecule has 26 heavy (non-hydrogen) atoms. The van der Waals surface area contributed by atoms with Crippen LogP contribution in [0.25, 0.3) is 0 Å². The molecule has 5 heteroatoms. The van der Waals surface area contributed by atoms with Crippen molar-refractivity contribution in [3.63, 3.8) is 0 Å². The van der Waals surface area contributed by atoms with Gasteiger partial charge in [0.25, 0.3) is 0 Å². The zero-order valence-corrected chi connectivity index (χ0v) is 16.2. The molecule has 2 aromatic rings. The summed E-state index contributed by atoms with van der Waals surface area (Å²) in [5.41, 5.74) is 3.32. The molecule has 0 bridgehead atoms. The van der Waals surface area contributed by atoms with Crippen molar-refractivity contribution < 1.29 is 9.47 Å². The Morgan fingerprint density at radius 2 is 2.00 bits per heavy atom. The first-order chi connectivity index (χ1) is 12.7. The van der Waals surface area contributed by atoms with Crippen LogP contribution in [-0.2, 0) is 11.3 Å². The molecule has 0 amide bonds. The monoisotopic (exact) mass is 370 g/mol. The highest BCUT2D eigenvalue weighted by Gasteiger charge is 2.22. The van der Waals surface area contributed by atoms with Crippen LogP contribution in [0.3, 0.4) is 0 Å². The lowest BCUT2D eigenvalue weighted by Gasteiger charge is -2.29. The third-order valence-electron chi connectivity index (χ3n) is 4.68. The Hall–Kier alpha value is -2.11. The average Bonchev–Trinajstić information content (AvgIpc) is 3.16. The number of nitrogens with one attached hydrogen (secondary N) is 1. The molecule has 1 fully saturated rings. The molecule has 0 aliphatic carbocycles. The maximum Gasteiger partial charge on any atom is 0.173 e. The molecule has 1 atom stereocenters. The number of benzene rings is 2. The Kier molecular flexibility index (Phi) is 6.47. The number of rotatable bonds is 6. The van der Waals surface area contributed by atoms with E-state index in [0.717, 1.165) is 43.0 Å². The van der Waals surface area contributed by atoms with Crippen LogP contribution in [0.2, 0.25) is 0 Å². The van der Waals surface area contributed by atoms with Crippen molar-refractivity contribution in [2.45, 2.75) is 32.4 Å². The highest BCUT2D eigenvalue weighted by Crippen LogP contribution is 2.22. The van der Waals surface area contributed by atoms with Gasteiger partial charge in [0.15, 0.2) is 5.11 Å². The molecule has 1 unspecified atom stereocenters. The second-order valence-corrected chi connectivity index (χ2v) is 6.96. The summed E-state index contributed by atoms with van der Waals surface area (Å²) in [7, 11) is 1.70. The number of hydrogen-bond donors (Lipinski definition) is 1. The van der Waals surface area contributed by atoms with Crippen molar-refractivity contribution in [1.29, 1.82) is 0 Å². The molecule has 0 spiro atoms.